The van der Waals surface area contributed by atoms with E-state index < -0.39 is 0 Å². The average molecular weight is 434 g/mol. The van der Waals surface area contributed by atoms with Crippen molar-refractivity contribution in [2.75, 3.05) is 13.3 Å². The van der Waals surface area contributed by atoms with Crippen LogP contribution in [0.2, 0.25) is 5.02 Å². The van der Waals surface area contributed by atoms with E-state index in [0.717, 1.165) is 33.5 Å². The highest BCUT2D eigenvalue weighted by atomic mass is 35.5. The molecule has 3 aromatic carbocycles. The van der Waals surface area contributed by atoms with Gasteiger partial charge >= 0.3 is 0 Å². The summed E-state index contributed by atoms with van der Waals surface area (Å²) in [4.78, 5) is 12.9. The molecule has 1 aromatic heterocycles. The van der Waals surface area contributed by atoms with Crippen molar-refractivity contribution in [2.24, 2.45) is 0 Å². The number of nitrogens with zero attached hydrogens (tertiary/aromatic N) is 2. The van der Waals surface area contributed by atoms with E-state index in [1.807, 2.05) is 71.4 Å². The number of ether oxygens (including phenoxy) is 2. The third-order valence-electron chi connectivity index (χ3n) is 5.25. The standard InChI is InChI=1S/C24H20ClN3O3/c25-18-8-5-17(6-9-18)14-28-20-4-2-1-3-19(20)23(27-28)24(29)26-12-11-16-7-10-21-22(13-16)31-15-30-21/h1-10,13H,11-12,14-15H2,(H,26,29). The lowest BCUT2D eigenvalue weighted by Crippen LogP contribution is -2.26. The molecule has 6 nitrogen and oxygen atoms in total. The fraction of sp³-hybridized carbons (Fsp3) is 0.167. The second-order valence-corrected chi connectivity index (χ2v) is 7.78. The minimum absolute atomic E-state index is 0.188. The molecular formula is C24H20ClN3O3. The summed E-state index contributed by atoms with van der Waals surface area (Å²) in [5.41, 5.74) is 3.48. The molecule has 1 N–H and O–H groups in total. The van der Waals surface area contributed by atoms with E-state index >= 15 is 0 Å². The van der Waals surface area contributed by atoms with Crippen molar-refractivity contribution in [1.82, 2.24) is 15.1 Å². The Balaban J connectivity index is 1.31. The quantitative estimate of drug-likeness (QED) is 0.488. The Morgan fingerprint density at radius 1 is 1.00 bits per heavy atom. The summed E-state index contributed by atoms with van der Waals surface area (Å²) < 4.78 is 12.6. The van der Waals surface area contributed by atoms with Gasteiger partial charge in [-0.1, -0.05) is 48.0 Å². The smallest absolute Gasteiger partial charge is 0.272 e. The summed E-state index contributed by atoms with van der Waals surface area (Å²) in [6.45, 7) is 1.31. The second-order valence-electron chi connectivity index (χ2n) is 7.34. The normalized spacial score (nSPS) is 12.3. The van der Waals surface area contributed by atoms with Gasteiger partial charge in [0.2, 0.25) is 6.79 Å². The molecule has 0 bridgehead atoms. The molecule has 1 aliphatic heterocycles. The predicted molar refractivity (Wildman–Crippen MR) is 119 cm³/mol. The number of benzene rings is 3. The van der Waals surface area contributed by atoms with Crippen LogP contribution < -0.4 is 14.8 Å². The van der Waals surface area contributed by atoms with Crippen LogP contribution in [0.4, 0.5) is 0 Å². The number of nitrogens with one attached hydrogen (secondary N) is 1. The molecule has 0 atom stereocenters. The van der Waals surface area contributed by atoms with Crippen LogP contribution >= 0.6 is 11.6 Å². The predicted octanol–water partition coefficient (Wildman–Crippen LogP) is 4.44. The van der Waals surface area contributed by atoms with Crippen molar-refractivity contribution >= 4 is 28.4 Å². The number of hydrogen-bond acceptors (Lipinski definition) is 4. The number of aromatic nitrogens is 2. The van der Waals surface area contributed by atoms with Crippen LogP contribution in [0.25, 0.3) is 10.9 Å². The topological polar surface area (TPSA) is 65.4 Å². The minimum Gasteiger partial charge on any atom is -0.454 e. The SMILES string of the molecule is O=C(NCCc1ccc2c(c1)OCO2)c1nn(Cc2ccc(Cl)cc2)c2ccccc12. The first-order valence-electron chi connectivity index (χ1n) is 10.0. The molecule has 0 unspecified atom stereocenters. The van der Waals surface area contributed by atoms with Crippen molar-refractivity contribution in [3.8, 4) is 11.5 Å². The van der Waals surface area contributed by atoms with Crippen LogP contribution in [0, 0.1) is 0 Å². The number of carbonyl (C=O) groups is 1. The molecule has 156 valence electrons. The van der Waals surface area contributed by atoms with Crippen LogP contribution in [-0.4, -0.2) is 29.0 Å². The summed E-state index contributed by atoms with van der Waals surface area (Å²) in [6.07, 6.45) is 0.686. The van der Waals surface area contributed by atoms with Crippen molar-refractivity contribution < 1.29 is 14.3 Å². The van der Waals surface area contributed by atoms with Gasteiger partial charge in [-0.3, -0.25) is 9.48 Å². The molecule has 0 aliphatic carbocycles. The lowest BCUT2D eigenvalue weighted by molar-refractivity contribution is 0.0950. The first-order valence-corrected chi connectivity index (χ1v) is 10.4. The Hall–Kier alpha value is -3.51. The maximum atomic E-state index is 12.9. The van der Waals surface area contributed by atoms with Gasteiger partial charge in [0, 0.05) is 17.0 Å². The van der Waals surface area contributed by atoms with Crippen LogP contribution in [0.15, 0.2) is 66.7 Å². The number of hydrogen-bond donors (Lipinski definition) is 1. The molecule has 1 amide bonds. The van der Waals surface area contributed by atoms with E-state index in [1.165, 1.54) is 0 Å². The van der Waals surface area contributed by atoms with Crippen molar-refractivity contribution in [3.05, 3.63) is 88.6 Å². The number of halogens is 1. The zero-order valence-corrected chi connectivity index (χ0v) is 17.4. The van der Waals surface area contributed by atoms with Gasteiger partial charge in [-0.15, -0.1) is 0 Å². The summed E-state index contributed by atoms with van der Waals surface area (Å²) >= 11 is 5.99. The van der Waals surface area contributed by atoms with Gasteiger partial charge in [0.05, 0.1) is 12.1 Å². The zero-order chi connectivity index (χ0) is 21.2. The highest BCUT2D eigenvalue weighted by Gasteiger charge is 2.17. The molecule has 31 heavy (non-hydrogen) atoms. The molecule has 7 heteroatoms. The maximum absolute atomic E-state index is 12.9. The summed E-state index contributed by atoms with van der Waals surface area (Å²) in [6, 6.07) is 21.2. The molecular weight excluding hydrogens is 414 g/mol. The number of fused-ring (bicyclic) bond motifs is 2. The Bertz CT molecular complexity index is 1250. The second kappa shape index (κ2) is 8.32. The van der Waals surface area contributed by atoms with Crippen LogP contribution in [0.3, 0.4) is 0 Å². The van der Waals surface area contributed by atoms with Gasteiger partial charge in [0.25, 0.3) is 5.91 Å². The zero-order valence-electron chi connectivity index (χ0n) is 16.7. The molecule has 0 radical (unpaired) electrons. The Labute approximate surface area is 184 Å². The average Bonchev–Trinajstić information content (AvgIpc) is 3.40. The molecule has 2 heterocycles. The van der Waals surface area contributed by atoms with Crippen molar-refractivity contribution in [1.29, 1.82) is 0 Å². The van der Waals surface area contributed by atoms with Crippen LogP contribution in [0.1, 0.15) is 21.6 Å². The monoisotopic (exact) mass is 433 g/mol. The van der Waals surface area contributed by atoms with Crippen molar-refractivity contribution in [2.45, 2.75) is 13.0 Å². The van der Waals surface area contributed by atoms with Gasteiger partial charge < -0.3 is 14.8 Å². The van der Waals surface area contributed by atoms with E-state index in [2.05, 4.69) is 10.4 Å². The summed E-state index contributed by atoms with van der Waals surface area (Å²) in [7, 11) is 0. The van der Waals surface area contributed by atoms with E-state index in [1.54, 1.807) is 0 Å². The summed E-state index contributed by atoms with van der Waals surface area (Å²) in [5, 5.41) is 9.12. The lowest BCUT2D eigenvalue weighted by Gasteiger charge is -2.05. The summed E-state index contributed by atoms with van der Waals surface area (Å²) in [5.74, 6) is 1.31. The van der Waals surface area contributed by atoms with Crippen molar-refractivity contribution in [3.63, 3.8) is 0 Å². The van der Waals surface area contributed by atoms with E-state index in [-0.39, 0.29) is 12.7 Å². The number of para-hydroxylation sites is 1. The van der Waals surface area contributed by atoms with E-state index in [0.29, 0.717) is 30.2 Å². The fourth-order valence-corrected chi connectivity index (χ4v) is 3.80. The van der Waals surface area contributed by atoms with Crippen LogP contribution in [0.5, 0.6) is 11.5 Å². The number of rotatable bonds is 6. The van der Waals surface area contributed by atoms with Gasteiger partial charge in [0.1, 0.15) is 0 Å². The largest absolute Gasteiger partial charge is 0.454 e. The molecule has 5 rings (SSSR count). The molecule has 1 aliphatic rings. The minimum atomic E-state index is -0.188. The van der Waals surface area contributed by atoms with Gasteiger partial charge in [-0.05, 0) is 47.9 Å². The Kier molecular flexibility index (Phi) is 5.22. The first-order chi connectivity index (χ1) is 15.2. The highest BCUT2D eigenvalue weighted by Crippen LogP contribution is 2.32. The molecule has 0 spiro atoms. The fourth-order valence-electron chi connectivity index (χ4n) is 3.68. The van der Waals surface area contributed by atoms with Gasteiger partial charge in [0.15, 0.2) is 17.2 Å². The Morgan fingerprint density at radius 3 is 2.65 bits per heavy atom. The maximum Gasteiger partial charge on any atom is 0.272 e. The van der Waals surface area contributed by atoms with Gasteiger partial charge in [-0.2, -0.15) is 5.10 Å². The number of amides is 1. The molecule has 0 fully saturated rings. The van der Waals surface area contributed by atoms with E-state index in [4.69, 9.17) is 21.1 Å². The molecule has 0 saturated heterocycles. The molecule has 0 saturated carbocycles. The lowest BCUT2D eigenvalue weighted by atomic mass is 10.1. The van der Waals surface area contributed by atoms with Crippen LogP contribution in [-0.2, 0) is 13.0 Å². The number of carbonyl (C=O) groups excluding carboxylic acids is 1. The third-order valence-corrected chi connectivity index (χ3v) is 5.51. The molecule has 4 aromatic rings. The van der Waals surface area contributed by atoms with E-state index in [9.17, 15) is 4.79 Å². The Morgan fingerprint density at radius 2 is 1.77 bits per heavy atom. The highest BCUT2D eigenvalue weighted by molar-refractivity contribution is 6.30. The van der Waals surface area contributed by atoms with Gasteiger partial charge in [-0.25, -0.2) is 0 Å². The third kappa shape index (κ3) is 4.07. The first kappa shape index (κ1) is 19.5.